The smallest absolute Gasteiger partial charge is 0.223 e. The summed E-state index contributed by atoms with van der Waals surface area (Å²) in [5.74, 6) is 0.939. The van der Waals surface area contributed by atoms with Gasteiger partial charge in [0.15, 0.2) is 0 Å². The van der Waals surface area contributed by atoms with Gasteiger partial charge in [0.05, 0.1) is 18.3 Å². The van der Waals surface area contributed by atoms with Gasteiger partial charge in [-0.15, -0.1) is 11.3 Å². The van der Waals surface area contributed by atoms with Crippen molar-refractivity contribution in [2.75, 3.05) is 39.3 Å². The topological polar surface area (TPSA) is 57.7 Å². The molecule has 168 valence electrons. The molecule has 0 bridgehead atoms. The van der Waals surface area contributed by atoms with Crippen LogP contribution in [0.2, 0.25) is 0 Å². The minimum absolute atomic E-state index is 0.183. The second kappa shape index (κ2) is 10.5. The van der Waals surface area contributed by atoms with E-state index in [1.807, 2.05) is 0 Å². The summed E-state index contributed by atoms with van der Waals surface area (Å²) in [5, 5.41) is 6.60. The van der Waals surface area contributed by atoms with Crippen LogP contribution in [0.4, 0.5) is 0 Å². The van der Waals surface area contributed by atoms with Gasteiger partial charge in [-0.3, -0.25) is 9.69 Å². The third-order valence-electron chi connectivity index (χ3n) is 7.02. The number of hydrogen-bond donors (Lipinski definition) is 1. The van der Waals surface area contributed by atoms with Crippen LogP contribution >= 0.6 is 11.3 Å². The molecule has 0 aromatic carbocycles. The summed E-state index contributed by atoms with van der Waals surface area (Å²) in [4.78, 5) is 22.5. The average molecular weight is 435 g/mol. The second-order valence-electron chi connectivity index (χ2n) is 9.52. The lowest BCUT2D eigenvalue weighted by Gasteiger charge is -2.41. The van der Waals surface area contributed by atoms with Crippen molar-refractivity contribution in [3.8, 4) is 0 Å². The molecule has 3 saturated heterocycles. The van der Waals surface area contributed by atoms with E-state index in [-0.39, 0.29) is 17.9 Å². The van der Waals surface area contributed by atoms with E-state index in [0.29, 0.717) is 18.5 Å². The molecule has 6 nitrogen and oxygen atoms in total. The number of ether oxygens (including phenoxy) is 1. The number of rotatable bonds is 7. The zero-order chi connectivity index (χ0) is 20.9. The Bertz CT molecular complexity index is 672. The number of nitrogens with one attached hydrogen (secondary N) is 1. The van der Waals surface area contributed by atoms with Gasteiger partial charge < -0.3 is 15.0 Å². The third kappa shape index (κ3) is 5.81. The molecular weight excluding hydrogens is 396 g/mol. The first-order chi connectivity index (χ1) is 14.6. The molecule has 0 saturated carbocycles. The molecule has 30 heavy (non-hydrogen) atoms. The van der Waals surface area contributed by atoms with Gasteiger partial charge in [-0.2, -0.15) is 0 Å². The fraction of sp³-hybridized carbons (Fsp3) is 0.826. The molecule has 0 aliphatic carbocycles. The van der Waals surface area contributed by atoms with Crippen molar-refractivity contribution in [1.29, 1.82) is 0 Å². The SMILES string of the molecule is CC(C)c1csc(CN2CCC(N3CCC(C(=O)NC[C@H]4CCCO4)CC3)CC2)n1. The van der Waals surface area contributed by atoms with Gasteiger partial charge in [0.1, 0.15) is 5.01 Å². The van der Waals surface area contributed by atoms with Gasteiger partial charge in [-0.05, 0) is 57.5 Å². The van der Waals surface area contributed by atoms with E-state index in [9.17, 15) is 4.79 Å². The number of aromatic nitrogens is 1. The van der Waals surface area contributed by atoms with Crippen LogP contribution in [-0.2, 0) is 16.1 Å². The fourth-order valence-electron chi connectivity index (χ4n) is 4.99. The number of thiazole rings is 1. The number of hydrogen-bond acceptors (Lipinski definition) is 6. The van der Waals surface area contributed by atoms with Crippen molar-refractivity contribution in [2.45, 2.75) is 77.0 Å². The number of carbonyl (C=O) groups is 1. The Labute approximate surface area is 185 Å². The minimum atomic E-state index is 0.183. The summed E-state index contributed by atoms with van der Waals surface area (Å²) in [6.07, 6.45) is 6.90. The van der Waals surface area contributed by atoms with Crippen LogP contribution in [-0.4, -0.2) is 72.2 Å². The molecule has 1 N–H and O–H groups in total. The Hall–Kier alpha value is -1.02. The summed E-state index contributed by atoms with van der Waals surface area (Å²) >= 11 is 1.81. The highest BCUT2D eigenvalue weighted by molar-refractivity contribution is 7.09. The maximum absolute atomic E-state index is 12.5. The highest BCUT2D eigenvalue weighted by Gasteiger charge is 2.31. The van der Waals surface area contributed by atoms with E-state index in [2.05, 4.69) is 34.3 Å². The van der Waals surface area contributed by atoms with Crippen molar-refractivity contribution < 1.29 is 9.53 Å². The normalized spacial score (nSPS) is 25.2. The largest absolute Gasteiger partial charge is 0.376 e. The zero-order valence-corrected chi connectivity index (χ0v) is 19.5. The van der Waals surface area contributed by atoms with Crippen LogP contribution < -0.4 is 5.32 Å². The molecule has 7 heteroatoms. The Balaban J connectivity index is 1.15. The van der Waals surface area contributed by atoms with Crippen molar-refractivity contribution in [3.05, 3.63) is 16.1 Å². The Kier molecular flexibility index (Phi) is 7.79. The van der Waals surface area contributed by atoms with Crippen molar-refractivity contribution >= 4 is 17.2 Å². The van der Waals surface area contributed by atoms with Gasteiger partial charge in [-0.25, -0.2) is 4.98 Å². The standard InChI is InChI=1S/C23H38N4O2S/c1-17(2)21-16-30-22(25-21)15-26-9-7-19(8-10-26)27-11-5-18(6-12-27)23(28)24-14-20-4-3-13-29-20/h16-20H,3-15H2,1-2H3,(H,24,28)/t20-/m1/s1. The molecule has 1 aromatic heterocycles. The van der Waals surface area contributed by atoms with Gasteiger partial charge >= 0.3 is 0 Å². The minimum Gasteiger partial charge on any atom is -0.376 e. The first-order valence-corrected chi connectivity index (χ1v) is 12.8. The molecule has 4 heterocycles. The van der Waals surface area contributed by atoms with Crippen LogP contribution in [0.15, 0.2) is 5.38 Å². The fourth-order valence-corrected chi connectivity index (χ4v) is 5.98. The average Bonchev–Trinajstić information content (AvgIpc) is 3.45. The number of carbonyl (C=O) groups excluding carboxylic acids is 1. The van der Waals surface area contributed by atoms with E-state index < -0.39 is 0 Å². The van der Waals surface area contributed by atoms with Crippen molar-refractivity contribution in [2.24, 2.45) is 5.92 Å². The lowest BCUT2D eigenvalue weighted by molar-refractivity contribution is -0.127. The second-order valence-corrected chi connectivity index (χ2v) is 10.5. The Morgan fingerprint density at radius 1 is 1.20 bits per heavy atom. The molecule has 0 spiro atoms. The number of likely N-dealkylation sites (tertiary alicyclic amines) is 2. The molecule has 0 unspecified atom stereocenters. The highest BCUT2D eigenvalue weighted by Crippen LogP contribution is 2.26. The summed E-state index contributed by atoms with van der Waals surface area (Å²) in [7, 11) is 0. The van der Waals surface area contributed by atoms with Gasteiger partial charge in [0.25, 0.3) is 0 Å². The van der Waals surface area contributed by atoms with Crippen LogP contribution in [0.1, 0.15) is 69.0 Å². The van der Waals surface area contributed by atoms with E-state index in [0.717, 1.165) is 65.0 Å². The van der Waals surface area contributed by atoms with Crippen LogP contribution in [0.3, 0.4) is 0 Å². The summed E-state index contributed by atoms with van der Waals surface area (Å²) < 4.78 is 5.61. The number of piperidine rings is 2. The van der Waals surface area contributed by atoms with Gasteiger partial charge in [0.2, 0.25) is 5.91 Å². The third-order valence-corrected chi connectivity index (χ3v) is 7.87. The molecule has 1 aromatic rings. The van der Waals surface area contributed by atoms with E-state index in [1.165, 1.54) is 23.5 Å². The molecule has 3 aliphatic heterocycles. The van der Waals surface area contributed by atoms with Crippen LogP contribution in [0, 0.1) is 5.92 Å². The lowest BCUT2D eigenvalue weighted by atomic mass is 9.92. The maximum Gasteiger partial charge on any atom is 0.223 e. The molecule has 0 radical (unpaired) electrons. The van der Waals surface area contributed by atoms with Crippen molar-refractivity contribution in [1.82, 2.24) is 20.1 Å². The zero-order valence-electron chi connectivity index (χ0n) is 18.6. The predicted octanol–water partition coefficient (Wildman–Crippen LogP) is 3.24. The lowest BCUT2D eigenvalue weighted by Crippen LogP contribution is -2.49. The predicted molar refractivity (Wildman–Crippen MR) is 121 cm³/mol. The first-order valence-electron chi connectivity index (χ1n) is 11.9. The van der Waals surface area contributed by atoms with E-state index in [4.69, 9.17) is 9.72 Å². The Morgan fingerprint density at radius 3 is 2.60 bits per heavy atom. The molecule has 1 atom stereocenters. The molecule has 4 rings (SSSR count). The molecular formula is C23H38N4O2S. The maximum atomic E-state index is 12.5. The summed E-state index contributed by atoms with van der Waals surface area (Å²) in [5.41, 5.74) is 1.23. The quantitative estimate of drug-likeness (QED) is 0.714. The number of nitrogens with zero attached hydrogens (tertiary/aromatic N) is 3. The molecule has 3 fully saturated rings. The Morgan fingerprint density at radius 2 is 1.97 bits per heavy atom. The van der Waals surface area contributed by atoms with Crippen molar-refractivity contribution in [3.63, 3.8) is 0 Å². The monoisotopic (exact) mass is 434 g/mol. The van der Waals surface area contributed by atoms with Gasteiger partial charge in [0, 0.05) is 43.6 Å². The molecule has 1 amide bonds. The highest BCUT2D eigenvalue weighted by atomic mass is 32.1. The van der Waals surface area contributed by atoms with Crippen LogP contribution in [0.25, 0.3) is 0 Å². The molecule has 3 aliphatic rings. The van der Waals surface area contributed by atoms with E-state index in [1.54, 1.807) is 11.3 Å². The summed E-state index contributed by atoms with van der Waals surface area (Å²) in [6, 6.07) is 0.680. The van der Waals surface area contributed by atoms with Gasteiger partial charge in [-0.1, -0.05) is 13.8 Å². The van der Waals surface area contributed by atoms with E-state index >= 15 is 0 Å². The summed E-state index contributed by atoms with van der Waals surface area (Å²) in [6.45, 7) is 11.4. The number of amides is 1. The van der Waals surface area contributed by atoms with Crippen LogP contribution in [0.5, 0.6) is 0 Å². The first kappa shape index (κ1) is 22.2.